The second-order valence-electron chi connectivity index (χ2n) is 2.81. The number of rotatable bonds is 5. The number of hydrogen-bond donors (Lipinski definition) is 3. The average molecular weight is 210 g/mol. The fourth-order valence-electron chi connectivity index (χ4n) is 1.06. The van der Waals surface area contributed by atoms with Gasteiger partial charge < -0.3 is 15.5 Å². The molecule has 0 aliphatic heterocycles. The van der Waals surface area contributed by atoms with Gasteiger partial charge in [0.25, 0.3) is 5.91 Å². The van der Waals surface area contributed by atoms with Gasteiger partial charge in [0, 0.05) is 26.0 Å². The minimum atomic E-state index is -0.229. The number of carbonyl (C=O) groups is 1. The highest BCUT2D eigenvalue weighted by molar-refractivity contribution is 5.99. The molecule has 0 radical (unpaired) electrons. The van der Waals surface area contributed by atoms with Gasteiger partial charge in [-0.05, 0) is 6.07 Å². The minimum Gasteiger partial charge on any atom is -0.383 e. The van der Waals surface area contributed by atoms with Gasteiger partial charge in [0.05, 0.1) is 17.9 Å². The van der Waals surface area contributed by atoms with E-state index in [1.165, 1.54) is 6.20 Å². The normalized spacial score (nSPS) is 9.73. The first-order valence-corrected chi connectivity index (χ1v) is 4.47. The summed E-state index contributed by atoms with van der Waals surface area (Å²) in [6.07, 6.45) is 3.01. The summed E-state index contributed by atoms with van der Waals surface area (Å²) in [4.78, 5) is 15.5. The van der Waals surface area contributed by atoms with Crippen molar-refractivity contribution in [2.75, 3.05) is 25.7 Å². The number of pyridine rings is 1. The van der Waals surface area contributed by atoms with Gasteiger partial charge in [-0.1, -0.05) is 0 Å². The maximum Gasteiger partial charge on any atom is 0.255 e. The molecule has 0 aliphatic carbocycles. The fraction of sp³-hybridized carbons (Fsp3) is 0.333. The maximum atomic E-state index is 11.6. The fourth-order valence-corrected chi connectivity index (χ4v) is 1.06. The molecule has 0 unspecified atom stereocenters. The molecule has 1 rings (SSSR count). The number of carbonyl (C=O) groups excluding carboxylic acids is 1. The molecule has 1 aromatic rings. The molecule has 6 nitrogen and oxygen atoms in total. The predicted octanol–water partition coefficient (Wildman–Crippen LogP) is -0.257. The lowest BCUT2D eigenvalue weighted by Crippen LogP contribution is -2.28. The number of methoxy groups -OCH3 is 1. The first-order chi connectivity index (χ1) is 7.29. The Morgan fingerprint density at radius 3 is 3.13 bits per heavy atom. The molecule has 0 fully saturated rings. The molecule has 1 amide bonds. The molecule has 0 aromatic carbocycles. The lowest BCUT2D eigenvalue weighted by atomic mass is 10.2. The number of hydrogen-bond acceptors (Lipinski definition) is 5. The molecule has 0 saturated heterocycles. The molecular formula is C9H14N4O2. The molecule has 1 aromatic heterocycles. The Balaban J connectivity index is 2.64. The molecular weight excluding hydrogens is 196 g/mol. The van der Waals surface area contributed by atoms with Crippen LogP contribution in [0, 0.1) is 0 Å². The molecule has 82 valence electrons. The van der Waals surface area contributed by atoms with E-state index in [4.69, 9.17) is 10.6 Å². The van der Waals surface area contributed by atoms with Crippen LogP contribution in [-0.2, 0) is 4.74 Å². The zero-order chi connectivity index (χ0) is 11.1. The standard InChI is InChI=1S/C9H14N4O2/c1-15-5-4-12-9(14)7-6-11-3-2-8(7)13-10/h2-3,6H,4-5,10H2,1H3,(H,11,13)(H,12,14). The molecule has 15 heavy (non-hydrogen) atoms. The number of nitrogens with zero attached hydrogens (tertiary/aromatic N) is 1. The van der Waals surface area contributed by atoms with Crippen molar-refractivity contribution in [1.29, 1.82) is 0 Å². The smallest absolute Gasteiger partial charge is 0.255 e. The van der Waals surface area contributed by atoms with Gasteiger partial charge in [0.2, 0.25) is 0 Å². The van der Waals surface area contributed by atoms with E-state index in [1.807, 2.05) is 0 Å². The van der Waals surface area contributed by atoms with Crippen LogP contribution in [0.3, 0.4) is 0 Å². The quantitative estimate of drug-likeness (QED) is 0.354. The Kier molecular flexibility index (Phi) is 4.52. The molecule has 0 bridgehead atoms. The third-order valence-corrected chi connectivity index (χ3v) is 1.81. The van der Waals surface area contributed by atoms with E-state index in [1.54, 1.807) is 19.4 Å². The Morgan fingerprint density at radius 1 is 1.67 bits per heavy atom. The van der Waals surface area contributed by atoms with Crippen LogP contribution in [0.4, 0.5) is 5.69 Å². The van der Waals surface area contributed by atoms with Crippen LogP contribution in [0.2, 0.25) is 0 Å². The predicted molar refractivity (Wildman–Crippen MR) is 56.3 cm³/mol. The van der Waals surface area contributed by atoms with Gasteiger partial charge in [-0.3, -0.25) is 15.6 Å². The summed E-state index contributed by atoms with van der Waals surface area (Å²) in [5, 5.41) is 2.68. The van der Waals surface area contributed by atoms with Crippen molar-refractivity contribution in [2.24, 2.45) is 5.84 Å². The monoisotopic (exact) mass is 210 g/mol. The summed E-state index contributed by atoms with van der Waals surface area (Å²) in [6, 6.07) is 1.63. The summed E-state index contributed by atoms with van der Waals surface area (Å²) in [5.41, 5.74) is 3.39. The molecule has 0 aliphatic rings. The van der Waals surface area contributed by atoms with Crippen molar-refractivity contribution < 1.29 is 9.53 Å². The van der Waals surface area contributed by atoms with Crippen molar-refractivity contribution in [1.82, 2.24) is 10.3 Å². The van der Waals surface area contributed by atoms with Crippen molar-refractivity contribution >= 4 is 11.6 Å². The van der Waals surface area contributed by atoms with Crippen LogP contribution in [0.15, 0.2) is 18.5 Å². The second kappa shape index (κ2) is 5.94. The van der Waals surface area contributed by atoms with Crippen LogP contribution in [0.5, 0.6) is 0 Å². The van der Waals surface area contributed by atoms with E-state index in [0.29, 0.717) is 24.4 Å². The van der Waals surface area contributed by atoms with Crippen LogP contribution in [0.25, 0.3) is 0 Å². The molecule has 6 heteroatoms. The zero-order valence-electron chi connectivity index (χ0n) is 8.49. The van der Waals surface area contributed by atoms with E-state index in [9.17, 15) is 4.79 Å². The number of aromatic nitrogens is 1. The maximum absolute atomic E-state index is 11.6. The van der Waals surface area contributed by atoms with Crippen molar-refractivity contribution in [2.45, 2.75) is 0 Å². The highest BCUT2D eigenvalue weighted by atomic mass is 16.5. The molecule has 0 saturated carbocycles. The number of nitrogens with one attached hydrogen (secondary N) is 2. The van der Waals surface area contributed by atoms with Gasteiger partial charge in [-0.2, -0.15) is 0 Å². The number of amides is 1. The summed E-state index contributed by atoms with van der Waals surface area (Å²) in [7, 11) is 1.57. The van der Waals surface area contributed by atoms with Gasteiger partial charge >= 0.3 is 0 Å². The Bertz CT molecular complexity index is 330. The number of nitrogens with two attached hydrogens (primary N) is 1. The number of nitrogen functional groups attached to an aromatic ring is 1. The van der Waals surface area contributed by atoms with Gasteiger partial charge in [-0.15, -0.1) is 0 Å². The highest BCUT2D eigenvalue weighted by Gasteiger charge is 2.09. The van der Waals surface area contributed by atoms with Crippen molar-refractivity contribution in [3.05, 3.63) is 24.0 Å². The second-order valence-corrected chi connectivity index (χ2v) is 2.81. The Labute approximate surface area is 87.8 Å². The minimum absolute atomic E-state index is 0.229. The largest absolute Gasteiger partial charge is 0.383 e. The summed E-state index contributed by atoms with van der Waals surface area (Å²) < 4.78 is 4.81. The lowest BCUT2D eigenvalue weighted by Gasteiger charge is -2.08. The lowest BCUT2D eigenvalue weighted by molar-refractivity contribution is 0.0937. The van der Waals surface area contributed by atoms with E-state index in [2.05, 4.69) is 15.7 Å². The molecule has 0 spiro atoms. The van der Waals surface area contributed by atoms with Gasteiger partial charge in [0.15, 0.2) is 0 Å². The summed E-state index contributed by atoms with van der Waals surface area (Å²) in [6.45, 7) is 0.922. The van der Waals surface area contributed by atoms with E-state index < -0.39 is 0 Å². The van der Waals surface area contributed by atoms with Gasteiger partial charge in [-0.25, -0.2) is 0 Å². The summed E-state index contributed by atoms with van der Waals surface area (Å²) >= 11 is 0. The first kappa shape index (κ1) is 11.4. The molecule has 0 atom stereocenters. The summed E-state index contributed by atoms with van der Waals surface area (Å²) in [5.74, 6) is 5.03. The number of hydrazine groups is 1. The van der Waals surface area contributed by atoms with Crippen LogP contribution in [-0.4, -0.2) is 31.2 Å². The van der Waals surface area contributed by atoms with Crippen molar-refractivity contribution in [3.63, 3.8) is 0 Å². The Hall–Kier alpha value is -1.66. The third kappa shape index (κ3) is 3.19. The highest BCUT2D eigenvalue weighted by Crippen LogP contribution is 2.10. The van der Waals surface area contributed by atoms with E-state index in [0.717, 1.165) is 0 Å². The van der Waals surface area contributed by atoms with Crippen LogP contribution < -0.4 is 16.6 Å². The van der Waals surface area contributed by atoms with Gasteiger partial charge in [0.1, 0.15) is 0 Å². The van der Waals surface area contributed by atoms with Crippen LogP contribution >= 0.6 is 0 Å². The van der Waals surface area contributed by atoms with Crippen LogP contribution in [0.1, 0.15) is 10.4 Å². The zero-order valence-corrected chi connectivity index (χ0v) is 8.49. The Morgan fingerprint density at radius 2 is 2.47 bits per heavy atom. The third-order valence-electron chi connectivity index (χ3n) is 1.81. The topological polar surface area (TPSA) is 89.3 Å². The number of ether oxygens (including phenoxy) is 1. The molecule has 4 N–H and O–H groups in total. The first-order valence-electron chi connectivity index (χ1n) is 4.47. The van der Waals surface area contributed by atoms with E-state index >= 15 is 0 Å². The number of anilines is 1. The van der Waals surface area contributed by atoms with E-state index in [-0.39, 0.29) is 5.91 Å². The average Bonchev–Trinajstić information content (AvgIpc) is 2.29. The van der Waals surface area contributed by atoms with Crippen molar-refractivity contribution in [3.8, 4) is 0 Å². The SMILES string of the molecule is COCCNC(=O)c1cnccc1NN. The molecule has 1 heterocycles.